The molecule has 0 aliphatic carbocycles. The van der Waals surface area contributed by atoms with Crippen molar-refractivity contribution < 1.29 is 13.0 Å². The molecule has 156 valence electrons. The maximum Gasteiger partial charge on any atom is 0.295 e. The summed E-state index contributed by atoms with van der Waals surface area (Å²) in [4.78, 5) is 0.108. The van der Waals surface area contributed by atoms with Gasteiger partial charge in [-0.15, -0.1) is 0 Å². The molecule has 0 aromatic heterocycles. The fraction of sp³-hybridized carbons (Fsp3) is 0.583. The van der Waals surface area contributed by atoms with Crippen molar-refractivity contribution in [3.05, 3.63) is 42.0 Å². The van der Waals surface area contributed by atoms with E-state index in [9.17, 15) is 13.0 Å². The van der Waals surface area contributed by atoms with Crippen molar-refractivity contribution >= 4 is 20.9 Å². The lowest BCUT2D eigenvalue weighted by Crippen LogP contribution is -2.10. The second kappa shape index (κ2) is 11.6. The fourth-order valence-corrected chi connectivity index (χ4v) is 5.08. The van der Waals surface area contributed by atoms with Gasteiger partial charge in [-0.3, -0.25) is 4.55 Å². The van der Waals surface area contributed by atoms with E-state index in [0.717, 1.165) is 30.2 Å². The normalized spacial score (nSPS) is 13.1. The van der Waals surface area contributed by atoms with Gasteiger partial charge in [0.1, 0.15) is 4.90 Å². The Labute approximate surface area is 171 Å². The molecule has 0 fully saturated rings. The summed E-state index contributed by atoms with van der Waals surface area (Å²) in [6.07, 6.45) is 12.8. The average molecular weight is 405 g/mol. The molecule has 4 heteroatoms. The van der Waals surface area contributed by atoms with Gasteiger partial charge in [-0.05, 0) is 23.3 Å². The van der Waals surface area contributed by atoms with Gasteiger partial charge in [-0.25, -0.2) is 0 Å². The quantitative estimate of drug-likeness (QED) is 0.284. The van der Waals surface area contributed by atoms with E-state index in [1.54, 1.807) is 6.07 Å². The van der Waals surface area contributed by atoms with Gasteiger partial charge in [0, 0.05) is 5.39 Å². The minimum atomic E-state index is -4.26. The lowest BCUT2D eigenvalue weighted by atomic mass is 9.88. The lowest BCUT2D eigenvalue weighted by molar-refractivity contribution is 0.402. The molecular formula is C24H36O3S. The van der Waals surface area contributed by atoms with E-state index >= 15 is 0 Å². The van der Waals surface area contributed by atoms with Crippen molar-refractivity contribution in [2.24, 2.45) is 5.92 Å². The van der Waals surface area contributed by atoms with E-state index in [1.165, 1.54) is 51.4 Å². The maximum atomic E-state index is 12.2. The van der Waals surface area contributed by atoms with Crippen LogP contribution in [0.25, 0.3) is 10.8 Å². The summed E-state index contributed by atoms with van der Waals surface area (Å²) in [6, 6.07) is 11.3. The molecule has 1 unspecified atom stereocenters. The monoisotopic (exact) mass is 404 g/mol. The third kappa shape index (κ3) is 6.89. The number of hydrogen-bond donors (Lipinski definition) is 1. The van der Waals surface area contributed by atoms with Gasteiger partial charge in [0.05, 0.1) is 0 Å². The first-order valence-electron chi connectivity index (χ1n) is 11.0. The zero-order chi connectivity index (χ0) is 20.4. The van der Waals surface area contributed by atoms with Crippen LogP contribution in [0.2, 0.25) is 0 Å². The Balaban J connectivity index is 2.22. The Morgan fingerprint density at radius 1 is 0.821 bits per heavy atom. The zero-order valence-electron chi connectivity index (χ0n) is 17.5. The SMILES string of the molecule is CCCCCCCC(CCCCC)Cc1ccc2ccccc2c1S(=O)(=O)O. The molecule has 28 heavy (non-hydrogen) atoms. The van der Waals surface area contributed by atoms with Crippen molar-refractivity contribution in [1.82, 2.24) is 0 Å². The highest BCUT2D eigenvalue weighted by Gasteiger charge is 2.21. The molecule has 0 saturated heterocycles. The van der Waals surface area contributed by atoms with Gasteiger partial charge in [-0.2, -0.15) is 8.42 Å². The van der Waals surface area contributed by atoms with Crippen LogP contribution in [0.15, 0.2) is 41.3 Å². The minimum Gasteiger partial charge on any atom is -0.282 e. The number of hydrogen-bond acceptors (Lipinski definition) is 2. The lowest BCUT2D eigenvalue weighted by Gasteiger charge is -2.19. The first-order chi connectivity index (χ1) is 13.5. The van der Waals surface area contributed by atoms with E-state index in [1.807, 2.05) is 30.3 Å². The van der Waals surface area contributed by atoms with E-state index in [4.69, 9.17) is 0 Å². The van der Waals surface area contributed by atoms with E-state index in [2.05, 4.69) is 13.8 Å². The number of rotatable bonds is 13. The van der Waals surface area contributed by atoms with Crippen molar-refractivity contribution in [2.75, 3.05) is 0 Å². The summed E-state index contributed by atoms with van der Waals surface area (Å²) in [6.45, 7) is 4.43. The fourth-order valence-electron chi connectivity index (χ4n) is 4.13. The first kappa shape index (κ1) is 22.9. The van der Waals surface area contributed by atoms with Crippen molar-refractivity contribution in [2.45, 2.75) is 89.4 Å². The molecule has 2 rings (SSSR count). The summed E-state index contributed by atoms with van der Waals surface area (Å²) in [5.41, 5.74) is 0.760. The molecule has 0 radical (unpaired) electrons. The van der Waals surface area contributed by atoms with E-state index in [-0.39, 0.29) is 4.90 Å². The molecule has 0 amide bonds. The third-order valence-electron chi connectivity index (χ3n) is 5.66. The van der Waals surface area contributed by atoms with Gasteiger partial charge in [0.2, 0.25) is 0 Å². The van der Waals surface area contributed by atoms with Crippen molar-refractivity contribution in [3.63, 3.8) is 0 Å². The number of unbranched alkanes of at least 4 members (excludes halogenated alkanes) is 6. The van der Waals surface area contributed by atoms with Crippen LogP contribution in [-0.2, 0) is 16.5 Å². The predicted molar refractivity (Wildman–Crippen MR) is 118 cm³/mol. The first-order valence-corrected chi connectivity index (χ1v) is 12.4. The van der Waals surface area contributed by atoms with Crippen LogP contribution < -0.4 is 0 Å². The largest absolute Gasteiger partial charge is 0.295 e. The Morgan fingerprint density at radius 2 is 1.43 bits per heavy atom. The van der Waals surface area contributed by atoms with Crippen molar-refractivity contribution in [1.29, 1.82) is 0 Å². The predicted octanol–water partition coefficient (Wildman–Crippen LogP) is 7.19. The Bertz CT molecular complexity index is 827. The Kier molecular flexibility index (Phi) is 9.46. The number of fused-ring (bicyclic) bond motifs is 1. The molecule has 1 atom stereocenters. The molecule has 0 spiro atoms. The summed E-state index contributed by atoms with van der Waals surface area (Å²) in [7, 11) is -4.26. The smallest absolute Gasteiger partial charge is 0.282 e. The third-order valence-corrected chi connectivity index (χ3v) is 6.66. The van der Waals surface area contributed by atoms with Gasteiger partial charge in [0.15, 0.2) is 0 Å². The molecule has 0 heterocycles. The van der Waals surface area contributed by atoms with Gasteiger partial charge in [0.25, 0.3) is 10.1 Å². The summed E-state index contributed by atoms with van der Waals surface area (Å²) in [5, 5.41) is 1.47. The summed E-state index contributed by atoms with van der Waals surface area (Å²) >= 11 is 0. The summed E-state index contributed by atoms with van der Waals surface area (Å²) < 4.78 is 34.3. The Hall–Kier alpha value is -1.39. The van der Waals surface area contributed by atoms with Crippen molar-refractivity contribution in [3.8, 4) is 0 Å². The van der Waals surface area contributed by atoms with E-state index in [0.29, 0.717) is 11.3 Å². The molecule has 0 bridgehead atoms. The molecule has 0 saturated carbocycles. The van der Waals surface area contributed by atoms with Crippen LogP contribution >= 0.6 is 0 Å². The van der Waals surface area contributed by atoms with Crippen LogP contribution in [0.5, 0.6) is 0 Å². The van der Waals surface area contributed by atoms with Gasteiger partial charge in [-0.1, -0.05) is 114 Å². The van der Waals surface area contributed by atoms with Crippen LogP contribution in [-0.4, -0.2) is 13.0 Å². The minimum absolute atomic E-state index is 0.108. The molecule has 2 aromatic rings. The molecule has 0 aliphatic heterocycles. The zero-order valence-corrected chi connectivity index (χ0v) is 18.3. The van der Waals surface area contributed by atoms with Crippen LogP contribution in [0, 0.1) is 5.92 Å². The second-order valence-corrected chi connectivity index (χ2v) is 9.38. The average Bonchev–Trinajstić information content (AvgIpc) is 2.66. The van der Waals surface area contributed by atoms with Crippen LogP contribution in [0.4, 0.5) is 0 Å². The highest BCUT2D eigenvalue weighted by Crippen LogP contribution is 2.31. The molecule has 3 nitrogen and oxygen atoms in total. The second-order valence-electron chi connectivity index (χ2n) is 8.02. The van der Waals surface area contributed by atoms with Crippen LogP contribution in [0.1, 0.15) is 83.6 Å². The molecular weight excluding hydrogens is 368 g/mol. The molecule has 1 N–H and O–H groups in total. The van der Waals surface area contributed by atoms with Gasteiger partial charge < -0.3 is 0 Å². The number of benzene rings is 2. The van der Waals surface area contributed by atoms with E-state index < -0.39 is 10.1 Å². The van der Waals surface area contributed by atoms with Crippen LogP contribution in [0.3, 0.4) is 0 Å². The highest BCUT2D eigenvalue weighted by molar-refractivity contribution is 7.86. The Morgan fingerprint density at radius 3 is 2.11 bits per heavy atom. The topological polar surface area (TPSA) is 54.4 Å². The van der Waals surface area contributed by atoms with Gasteiger partial charge >= 0.3 is 0 Å². The summed E-state index contributed by atoms with van der Waals surface area (Å²) in [5.74, 6) is 0.467. The standard InChI is InChI=1S/C24H36O3S/c1-3-5-7-8-10-14-20(13-9-6-4-2)19-22-18-17-21-15-11-12-16-23(21)24(22)28(25,26)27/h11-12,15-18,20H,3-10,13-14,19H2,1-2H3,(H,25,26,27). The highest BCUT2D eigenvalue weighted by atomic mass is 32.2. The molecule has 0 aliphatic rings. The maximum absolute atomic E-state index is 12.2. The molecule has 2 aromatic carbocycles.